The third-order valence-corrected chi connectivity index (χ3v) is 3.11. The number of ether oxygens (including phenoxy) is 1. The second kappa shape index (κ2) is 7.21. The molecule has 0 fully saturated rings. The molecular formula is C16H17N3O3. The van der Waals surface area contributed by atoms with Gasteiger partial charge in [-0.25, -0.2) is 0 Å². The Labute approximate surface area is 128 Å². The van der Waals surface area contributed by atoms with Crippen molar-refractivity contribution in [3.05, 3.63) is 64.2 Å². The number of anilines is 1. The van der Waals surface area contributed by atoms with E-state index in [1.54, 1.807) is 25.3 Å². The molecule has 114 valence electrons. The van der Waals surface area contributed by atoms with E-state index < -0.39 is 4.92 Å². The molecule has 0 atom stereocenters. The molecule has 2 aromatic rings. The second-order valence-corrected chi connectivity index (χ2v) is 4.72. The van der Waals surface area contributed by atoms with Crippen molar-refractivity contribution >= 4 is 17.1 Å². The predicted octanol–water partition coefficient (Wildman–Crippen LogP) is 3.63. The Hall–Kier alpha value is -2.89. The minimum Gasteiger partial charge on any atom is -0.496 e. The molecule has 0 radical (unpaired) electrons. The summed E-state index contributed by atoms with van der Waals surface area (Å²) in [6.45, 7) is 1.86. The fraction of sp³-hybridized carbons (Fsp3) is 0.188. The summed E-state index contributed by atoms with van der Waals surface area (Å²) in [5.74, 6) is 0.794. The van der Waals surface area contributed by atoms with Crippen LogP contribution in [0.2, 0.25) is 0 Å². The molecule has 2 aromatic carbocycles. The van der Waals surface area contributed by atoms with Gasteiger partial charge in [0.05, 0.1) is 12.0 Å². The Morgan fingerprint density at radius 1 is 1.23 bits per heavy atom. The molecular weight excluding hydrogens is 282 g/mol. The number of para-hydroxylation sites is 3. The maximum absolute atomic E-state index is 10.9. The lowest BCUT2D eigenvalue weighted by Crippen LogP contribution is -2.04. The maximum Gasteiger partial charge on any atom is 0.294 e. The van der Waals surface area contributed by atoms with Gasteiger partial charge in [-0.1, -0.05) is 30.3 Å². The molecule has 6 nitrogen and oxygen atoms in total. The number of nitrogens with one attached hydrogen (secondary N) is 1. The molecule has 2 rings (SSSR count). The van der Waals surface area contributed by atoms with Crippen molar-refractivity contribution in [1.29, 1.82) is 0 Å². The van der Waals surface area contributed by atoms with Crippen LogP contribution in [0.4, 0.5) is 11.4 Å². The van der Waals surface area contributed by atoms with E-state index in [4.69, 9.17) is 4.74 Å². The van der Waals surface area contributed by atoms with Gasteiger partial charge in [-0.2, -0.15) is 5.10 Å². The van der Waals surface area contributed by atoms with Crippen LogP contribution >= 0.6 is 0 Å². The lowest BCUT2D eigenvalue weighted by molar-refractivity contribution is -0.384. The molecule has 0 aliphatic heterocycles. The van der Waals surface area contributed by atoms with Crippen LogP contribution in [0.5, 0.6) is 5.75 Å². The van der Waals surface area contributed by atoms with Gasteiger partial charge in [0.1, 0.15) is 11.4 Å². The molecule has 1 N–H and O–H groups in total. The monoisotopic (exact) mass is 299 g/mol. The van der Waals surface area contributed by atoms with Gasteiger partial charge in [-0.15, -0.1) is 0 Å². The first-order valence-corrected chi connectivity index (χ1v) is 6.76. The van der Waals surface area contributed by atoms with Gasteiger partial charge in [0.25, 0.3) is 5.69 Å². The van der Waals surface area contributed by atoms with Crippen LogP contribution in [0, 0.1) is 10.1 Å². The molecule has 0 saturated carbocycles. The van der Waals surface area contributed by atoms with E-state index in [0.29, 0.717) is 12.1 Å². The first-order valence-electron chi connectivity index (χ1n) is 6.76. The van der Waals surface area contributed by atoms with Crippen LogP contribution in [0.3, 0.4) is 0 Å². The summed E-state index contributed by atoms with van der Waals surface area (Å²) >= 11 is 0. The zero-order valence-electron chi connectivity index (χ0n) is 12.4. The number of benzene rings is 2. The second-order valence-electron chi connectivity index (χ2n) is 4.72. The summed E-state index contributed by atoms with van der Waals surface area (Å²) in [5, 5.41) is 15.2. The first-order chi connectivity index (χ1) is 10.6. The number of rotatable bonds is 6. The average Bonchev–Trinajstić information content (AvgIpc) is 2.53. The number of nitro groups is 1. The Morgan fingerprint density at radius 3 is 2.64 bits per heavy atom. The number of methoxy groups -OCH3 is 1. The Bertz CT molecular complexity index is 699. The Kier molecular flexibility index (Phi) is 5.08. The van der Waals surface area contributed by atoms with Gasteiger partial charge >= 0.3 is 0 Å². The number of hydrazone groups is 1. The number of hydrogen-bond donors (Lipinski definition) is 1. The smallest absolute Gasteiger partial charge is 0.294 e. The van der Waals surface area contributed by atoms with Crippen LogP contribution in [-0.4, -0.2) is 17.7 Å². The van der Waals surface area contributed by atoms with Gasteiger partial charge in [0, 0.05) is 18.2 Å². The fourth-order valence-corrected chi connectivity index (χ4v) is 2.05. The maximum atomic E-state index is 10.9. The zero-order valence-corrected chi connectivity index (χ0v) is 12.4. The highest BCUT2D eigenvalue weighted by atomic mass is 16.6. The summed E-state index contributed by atoms with van der Waals surface area (Å²) in [7, 11) is 1.62. The Balaban J connectivity index is 2.12. The largest absolute Gasteiger partial charge is 0.496 e. The zero-order chi connectivity index (χ0) is 15.9. The van der Waals surface area contributed by atoms with Gasteiger partial charge in [-0.05, 0) is 24.6 Å². The summed E-state index contributed by atoms with van der Waals surface area (Å²) in [6, 6.07) is 14.1. The topological polar surface area (TPSA) is 76.8 Å². The predicted molar refractivity (Wildman–Crippen MR) is 86.5 cm³/mol. The quantitative estimate of drug-likeness (QED) is 0.502. The summed E-state index contributed by atoms with van der Waals surface area (Å²) in [6.07, 6.45) is 0.595. The normalized spacial score (nSPS) is 11.1. The van der Waals surface area contributed by atoms with E-state index in [1.165, 1.54) is 6.07 Å². The van der Waals surface area contributed by atoms with Crippen LogP contribution in [0.15, 0.2) is 53.6 Å². The highest BCUT2D eigenvalue weighted by Crippen LogP contribution is 2.23. The molecule has 0 saturated heterocycles. The molecule has 22 heavy (non-hydrogen) atoms. The van der Waals surface area contributed by atoms with Crippen LogP contribution in [0.25, 0.3) is 0 Å². The van der Waals surface area contributed by atoms with Crippen LogP contribution in [0.1, 0.15) is 12.5 Å². The highest BCUT2D eigenvalue weighted by molar-refractivity contribution is 5.85. The number of nitrogens with zero attached hydrogens (tertiary/aromatic N) is 2. The van der Waals surface area contributed by atoms with Gasteiger partial charge in [0.15, 0.2) is 0 Å². The average molecular weight is 299 g/mol. The van der Waals surface area contributed by atoms with E-state index in [0.717, 1.165) is 17.0 Å². The molecule has 0 aromatic heterocycles. The highest BCUT2D eigenvalue weighted by Gasteiger charge is 2.11. The van der Waals surface area contributed by atoms with E-state index in [1.807, 2.05) is 31.2 Å². The molecule has 0 bridgehead atoms. The first kappa shape index (κ1) is 15.5. The Morgan fingerprint density at radius 2 is 1.91 bits per heavy atom. The minimum atomic E-state index is -0.437. The lowest BCUT2D eigenvalue weighted by Gasteiger charge is -2.08. The minimum absolute atomic E-state index is 0.00339. The molecule has 0 aliphatic rings. The van der Waals surface area contributed by atoms with Crippen molar-refractivity contribution in [1.82, 2.24) is 0 Å². The number of nitro benzene ring substituents is 1. The summed E-state index contributed by atoms with van der Waals surface area (Å²) in [4.78, 5) is 10.5. The van der Waals surface area contributed by atoms with Crippen molar-refractivity contribution in [3.63, 3.8) is 0 Å². The molecule has 0 heterocycles. The molecule has 0 aliphatic carbocycles. The van der Waals surface area contributed by atoms with Crippen LogP contribution in [-0.2, 0) is 6.42 Å². The molecule has 0 unspecified atom stereocenters. The SMILES string of the molecule is COc1ccccc1C/C(C)=N\Nc1ccccc1[N+](=O)[O-]. The molecule has 0 amide bonds. The van der Waals surface area contributed by atoms with E-state index in [9.17, 15) is 10.1 Å². The fourth-order valence-electron chi connectivity index (χ4n) is 2.05. The van der Waals surface area contributed by atoms with Crippen molar-refractivity contribution in [2.75, 3.05) is 12.5 Å². The van der Waals surface area contributed by atoms with Crippen molar-refractivity contribution in [3.8, 4) is 5.75 Å². The lowest BCUT2D eigenvalue weighted by atomic mass is 10.1. The molecule has 6 heteroatoms. The standard InChI is InChI=1S/C16H17N3O3/c1-12(11-13-7-3-6-10-16(13)22-2)17-18-14-8-4-5-9-15(14)19(20)21/h3-10,18H,11H2,1-2H3/b17-12-. The third-order valence-electron chi connectivity index (χ3n) is 3.11. The third kappa shape index (κ3) is 3.82. The van der Waals surface area contributed by atoms with Crippen LogP contribution < -0.4 is 10.2 Å². The van der Waals surface area contributed by atoms with E-state index in [2.05, 4.69) is 10.5 Å². The van der Waals surface area contributed by atoms with Crippen molar-refractivity contribution in [2.45, 2.75) is 13.3 Å². The summed E-state index contributed by atoms with van der Waals surface area (Å²) in [5.41, 5.74) is 4.93. The van der Waals surface area contributed by atoms with E-state index >= 15 is 0 Å². The van der Waals surface area contributed by atoms with Gasteiger partial charge in [-0.3, -0.25) is 15.5 Å². The van der Waals surface area contributed by atoms with Crippen molar-refractivity contribution < 1.29 is 9.66 Å². The molecule has 0 spiro atoms. The van der Waals surface area contributed by atoms with Gasteiger partial charge in [0.2, 0.25) is 0 Å². The number of hydrogen-bond acceptors (Lipinski definition) is 5. The summed E-state index contributed by atoms with van der Waals surface area (Å²) < 4.78 is 5.29. The van der Waals surface area contributed by atoms with E-state index in [-0.39, 0.29) is 5.69 Å². The van der Waals surface area contributed by atoms with Crippen molar-refractivity contribution in [2.24, 2.45) is 5.10 Å². The van der Waals surface area contributed by atoms with Gasteiger partial charge < -0.3 is 4.74 Å².